The standard InChI is InChI=1S/C14H27N/c1-14(2,3)10-12-6-8-15(9-7-12)11-13-4-5-13/h12-13H,4-11H2,1-3H3. The van der Waals surface area contributed by atoms with Crippen LogP contribution in [0.4, 0.5) is 0 Å². The van der Waals surface area contributed by atoms with Crippen LogP contribution in [0.15, 0.2) is 0 Å². The Morgan fingerprint density at radius 3 is 2.00 bits per heavy atom. The molecule has 1 heteroatoms. The van der Waals surface area contributed by atoms with E-state index in [1.54, 1.807) is 0 Å². The van der Waals surface area contributed by atoms with Crippen LogP contribution in [0.2, 0.25) is 0 Å². The number of likely N-dealkylation sites (tertiary alicyclic amines) is 1. The van der Waals surface area contributed by atoms with E-state index in [9.17, 15) is 0 Å². The van der Waals surface area contributed by atoms with Crippen molar-refractivity contribution in [3.05, 3.63) is 0 Å². The Hall–Kier alpha value is -0.0400. The van der Waals surface area contributed by atoms with Crippen LogP contribution in [0.5, 0.6) is 0 Å². The highest BCUT2D eigenvalue weighted by Gasteiger charge is 2.28. The number of hydrogen-bond donors (Lipinski definition) is 0. The highest BCUT2D eigenvalue weighted by Crippen LogP contribution is 2.34. The molecule has 0 radical (unpaired) electrons. The van der Waals surface area contributed by atoms with E-state index in [1.807, 2.05) is 0 Å². The summed E-state index contributed by atoms with van der Waals surface area (Å²) in [6, 6.07) is 0. The summed E-state index contributed by atoms with van der Waals surface area (Å²) in [4.78, 5) is 2.71. The van der Waals surface area contributed by atoms with E-state index in [0.29, 0.717) is 5.41 Å². The second-order valence-electron chi connectivity index (χ2n) is 6.95. The van der Waals surface area contributed by atoms with Crippen LogP contribution >= 0.6 is 0 Å². The third-order valence-electron chi connectivity index (χ3n) is 3.82. The number of hydrogen-bond acceptors (Lipinski definition) is 1. The Morgan fingerprint density at radius 1 is 0.933 bits per heavy atom. The lowest BCUT2D eigenvalue weighted by Gasteiger charge is -2.35. The maximum atomic E-state index is 2.71. The van der Waals surface area contributed by atoms with Crippen LogP contribution < -0.4 is 0 Å². The largest absolute Gasteiger partial charge is 0.303 e. The lowest BCUT2D eigenvalue weighted by Crippen LogP contribution is -2.36. The molecule has 1 saturated heterocycles. The van der Waals surface area contributed by atoms with Gasteiger partial charge in [0.05, 0.1) is 0 Å². The minimum absolute atomic E-state index is 0.531. The summed E-state index contributed by atoms with van der Waals surface area (Å²) in [7, 11) is 0. The molecule has 1 aliphatic carbocycles. The molecule has 1 nitrogen and oxygen atoms in total. The van der Waals surface area contributed by atoms with Gasteiger partial charge in [0.15, 0.2) is 0 Å². The van der Waals surface area contributed by atoms with Crippen molar-refractivity contribution in [1.29, 1.82) is 0 Å². The zero-order valence-electron chi connectivity index (χ0n) is 10.8. The van der Waals surface area contributed by atoms with E-state index >= 15 is 0 Å². The van der Waals surface area contributed by atoms with E-state index in [2.05, 4.69) is 25.7 Å². The van der Waals surface area contributed by atoms with Crippen LogP contribution in [0.1, 0.15) is 52.9 Å². The molecule has 0 atom stereocenters. The lowest BCUT2D eigenvalue weighted by atomic mass is 9.80. The fourth-order valence-electron chi connectivity index (χ4n) is 2.90. The molecule has 0 bridgehead atoms. The topological polar surface area (TPSA) is 3.24 Å². The van der Waals surface area contributed by atoms with Gasteiger partial charge in [-0.25, -0.2) is 0 Å². The second kappa shape index (κ2) is 4.45. The summed E-state index contributed by atoms with van der Waals surface area (Å²) in [5.74, 6) is 2.07. The first-order valence-corrected chi connectivity index (χ1v) is 6.75. The molecular formula is C14H27N. The predicted molar refractivity (Wildman–Crippen MR) is 66.0 cm³/mol. The summed E-state index contributed by atoms with van der Waals surface area (Å²) in [5.41, 5.74) is 0.531. The van der Waals surface area contributed by atoms with Crippen LogP contribution in [0.25, 0.3) is 0 Å². The Labute approximate surface area is 95.2 Å². The molecule has 0 aromatic heterocycles. The maximum absolute atomic E-state index is 2.71. The van der Waals surface area contributed by atoms with Gasteiger partial charge in [-0.1, -0.05) is 20.8 Å². The Bertz CT molecular complexity index is 192. The van der Waals surface area contributed by atoms with Crippen molar-refractivity contribution < 1.29 is 0 Å². The monoisotopic (exact) mass is 209 g/mol. The van der Waals surface area contributed by atoms with Gasteiger partial charge in [-0.3, -0.25) is 0 Å². The number of nitrogens with zero attached hydrogens (tertiary/aromatic N) is 1. The fourth-order valence-corrected chi connectivity index (χ4v) is 2.90. The zero-order valence-corrected chi connectivity index (χ0v) is 10.8. The quantitative estimate of drug-likeness (QED) is 0.687. The molecule has 88 valence electrons. The Balaban J connectivity index is 1.67. The third kappa shape index (κ3) is 4.14. The van der Waals surface area contributed by atoms with Crippen molar-refractivity contribution >= 4 is 0 Å². The van der Waals surface area contributed by atoms with E-state index in [1.165, 1.54) is 51.7 Å². The van der Waals surface area contributed by atoms with Crippen molar-refractivity contribution in [1.82, 2.24) is 4.90 Å². The van der Waals surface area contributed by atoms with Crippen LogP contribution in [-0.2, 0) is 0 Å². The van der Waals surface area contributed by atoms with Gasteiger partial charge in [-0.15, -0.1) is 0 Å². The zero-order chi connectivity index (χ0) is 10.9. The van der Waals surface area contributed by atoms with Gasteiger partial charge in [0.2, 0.25) is 0 Å². The first-order chi connectivity index (χ1) is 7.03. The molecule has 1 aliphatic heterocycles. The molecule has 2 rings (SSSR count). The summed E-state index contributed by atoms with van der Waals surface area (Å²) in [6.07, 6.45) is 7.32. The van der Waals surface area contributed by atoms with E-state index in [4.69, 9.17) is 0 Å². The Kier molecular flexibility index (Phi) is 3.39. The first kappa shape index (κ1) is 11.4. The number of rotatable bonds is 3. The molecule has 0 aromatic rings. The molecule has 2 fully saturated rings. The van der Waals surface area contributed by atoms with Crippen LogP contribution in [0.3, 0.4) is 0 Å². The third-order valence-corrected chi connectivity index (χ3v) is 3.82. The molecule has 1 heterocycles. The molecule has 0 spiro atoms. The highest BCUT2D eigenvalue weighted by atomic mass is 15.1. The van der Waals surface area contributed by atoms with Gasteiger partial charge in [0.25, 0.3) is 0 Å². The smallest absolute Gasteiger partial charge is 0.000966 e. The van der Waals surface area contributed by atoms with E-state index in [-0.39, 0.29) is 0 Å². The summed E-state index contributed by atoms with van der Waals surface area (Å²) < 4.78 is 0. The first-order valence-electron chi connectivity index (χ1n) is 6.75. The van der Waals surface area contributed by atoms with E-state index < -0.39 is 0 Å². The van der Waals surface area contributed by atoms with Crippen molar-refractivity contribution in [2.24, 2.45) is 17.3 Å². The van der Waals surface area contributed by atoms with Gasteiger partial charge < -0.3 is 4.90 Å². The van der Waals surface area contributed by atoms with Crippen molar-refractivity contribution in [3.8, 4) is 0 Å². The maximum Gasteiger partial charge on any atom is 0.000966 e. The molecule has 0 N–H and O–H groups in total. The molecule has 0 amide bonds. The van der Waals surface area contributed by atoms with Crippen LogP contribution in [-0.4, -0.2) is 24.5 Å². The minimum atomic E-state index is 0.531. The van der Waals surface area contributed by atoms with Gasteiger partial charge in [-0.05, 0) is 62.4 Å². The van der Waals surface area contributed by atoms with Gasteiger partial charge >= 0.3 is 0 Å². The minimum Gasteiger partial charge on any atom is -0.303 e. The van der Waals surface area contributed by atoms with Crippen molar-refractivity contribution in [2.45, 2.75) is 52.9 Å². The van der Waals surface area contributed by atoms with Crippen molar-refractivity contribution in [3.63, 3.8) is 0 Å². The SMILES string of the molecule is CC(C)(C)CC1CCN(CC2CC2)CC1. The summed E-state index contributed by atoms with van der Waals surface area (Å²) in [6.45, 7) is 11.3. The average Bonchev–Trinajstić information content (AvgIpc) is 2.90. The molecule has 1 saturated carbocycles. The molecule has 2 aliphatic rings. The molecular weight excluding hydrogens is 182 g/mol. The highest BCUT2D eigenvalue weighted by molar-refractivity contribution is 4.81. The van der Waals surface area contributed by atoms with Crippen LogP contribution in [0, 0.1) is 17.3 Å². The summed E-state index contributed by atoms with van der Waals surface area (Å²) in [5, 5.41) is 0. The Morgan fingerprint density at radius 2 is 1.53 bits per heavy atom. The second-order valence-corrected chi connectivity index (χ2v) is 6.95. The predicted octanol–water partition coefficient (Wildman–Crippen LogP) is 3.54. The summed E-state index contributed by atoms with van der Waals surface area (Å²) >= 11 is 0. The molecule has 0 aromatic carbocycles. The van der Waals surface area contributed by atoms with Gasteiger partial charge in [-0.2, -0.15) is 0 Å². The number of piperidine rings is 1. The molecule has 0 unspecified atom stereocenters. The van der Waals surface area contributed by atoms with Crippen molar-refractivity contribution in [2.75, 3.05) is 19.6 Å². The average molecular weight is 209 g/mol. The lowest BCUT2D eigenvalue weighted by molar-refractivity contribution is 0.148. The molecule has 15 heavy (non-hydrogen) atoms. The van der Waals surface area contributed by atoms with Gasteiger partial charge in [0.1, 0.15) is 0 Å². The van der Waals surface area contributed by atoms with E-state index in [0.717, 1.165) is 11.8 Å². The normalized spacial score (nSPS) is 25.8. The van der Waals surface area contributed by atoms with Gasteiger partial charge in [0, 0.05) is 6.54 Å². The fraction of sp³-hybridized carbons (Fsp3) is 1.00.